The number of hydrogen-bond acceptors (Lipinski definition) is 4. The van der Waals surface area contributed by atoms with Gasteiger partial charge in [-0.25, -0.2) is 0 Å². The fraction of sp³-hybridized carbons (Fsp3) is 0.241. The van der Waals surface area contributed by atoms with Crippen molar-refractivity contribution in [1.29, 1.82) is 0 Å². The van der Waals surface area contributed by atoms with Gasteiger partial charge in [-0.2, -0.15) is 0 Å². The summed E-state index contributed by atoms with van der Waals surface area (Å²) >= 11 is 0. The van der Waals surface area contributed by atoms with Crippen molar-refractivity contribution in [2.75, 3.05) is 24.6 Å². The van der Waals surface area contributed by atoms with Crippen LogP contribution in [0.25, 0.3) is 5.57 Å². The number of fused-ring (bicyclic) bond motifs is 1. The number of carbonyl (C=O) groups excluding carboxylic acids is 2. The van der Waals surface area contributed by atoms with Gasteiger partial charge >= 0.3 is 0 Å². The molecule has 5 nitrogen and oxygen atoms in total. The Labute approximate surface area is 200 Å². The first-order valence-electron chi connectivity index (χ1n) is 11.9. The summed E-state index contributed by atoms with van der Waals surface area (Å²) in [6.07, 6.45) is 2.53. The number of carbonyl (C=O) groups is 2. The van der Waals surface area contributed by atoms with Gasteiger partial charge in [-0.1, -0.05) is 60.7 Å². The molecule has 0 aliphatic carbocycles. The first-order valence-corrected chi connectivity index (χ1v) is 11.9. The lowest BCUT2D eigenvalue weighted by Crippen LogP contribution is -2.38. The minimum atomic E-state index is -0.233. The monoisotopic (exact) mass is 452 g/mol. The van der Waals surface area contributed by atoms with Gasteiger partial charge in [-0.15, -0.1) is 0 Å². The van der Waals surface area contributed by atoms with Crippen LogP contribution < -0.4 is 9.64 Å². The van der Waals surface area contributed by atoms with Gasteiger partial charge in [0.15, 0.2) is 0 Å². The molecule has 0 N–H and O–H groups in total. The zero-order chi connectivity index (χ0) is 23.5. The maximum atomic E-state index is 13.8. The van der Waals surface area contributed by atoms with Gasteiger partial charge in [0, 0.05) is 18.8 Å². The summed E-state index contributed by atoms with van der Waals surface area (Å²) in [7, 11) is 0. The highest BCUT2D eigenvalue weighted by Crippen LogP contribution is 2.38. The molecule has 34 heavy (non-hydrogen) atoms. The predicted octanol–water partition coefficient (Wildman–Crippen LogP) is 4.86. The number of amides is 2. The highest BCUT2D eigenvalue weighted by molar-refractivity contribution is 6.36. The molecule has 5 heteroatoms. The predicted molar refractivity (Wildman–Crippen MR) is 134 cm³/mol. The van der Waals surface area contributed by atoms with Crippen LogP contribution in [0, 0.1) is 0 Å². The molecule has 3 aromatic rings. The standard InChI is InChI=1S/C29H28N2O3/c1-2-34-24-16-14-23(15-17-24)26-27(30-19-8-12-22-11-6-7-13-25(22)30)29(33)31(28(26)32)20-18-21-9-4-3-5-10-21/h3-7,9-11,13-17H,2,8,12,18-20H2,1H3. The molecule has 2 aliphatic heterocycles. The molecule has 0 fully saturated rings. The number of anilines is 1. The molecule has 5 rings (SSSR count). The normalized spacial score (nSPS) is 15.7. The van der Waals surface area contributed by atoms with Gasteiger partial charge < -0.3 is 9.64 Å². The maximum absolute atomic E-state index is 13.8. The van der Waals surface area contributed by atoms with Crippen molar-refractivity contribution in [3.63, 3.8) is 0 Å². The lowest BCUT2D eigenvalue weighted by molar-refractivity contribution is -0.136. The SMILES string of the molecule is CCOc1ccc(C2=C(N3CCCc4ccccc43)C(=O)N(CCc3ccccc3)C2=O)cc1. The molecule has 0 spiro atoms. The van der Waals surface area contributed by atoms with Crippen LogP contribution in [0.15, 0.2) is 84.6 Å². The van der Waals surface area contributed by atoms with Crippen LogP contribution in [0.1, 0.15) is 30.0 Å². The van der Waals surface area contributed by atoms with Crippen LogP contribution in [0.5, 0.6) is 5.75 Å². The summed E-state index contributed by atoms with van der Waals surface area (Å²) in [5.74, 6) is 0.291. The van der Waals surface area contributed by atoms with E-state index in [0.717, 1.165) is 35.4 Å². The van der Waals surface area contributed by atoms with Gasteiger partial charge in [-0.05, 0) is 61.1 Å². The van der Waals surface area contributed by atoms with Crippen LogP contribution in [-0.4, -0.2) is 36.4 Å². The smallest absolute Gasteiger partial charge is 0.278 e. The van der Waals surface area contributed by atoms with E-state index in [1.807, 2.05) is 84.6 Å². The molecule has 2 aliphatic rings. The number of rotatable bonds is 7. The molecule has 2 heterocycles. The molecule has 3 aromatic carbocycles. The Bertz CT molecular complexity index is 1230. The Hall–Kier alpha value is -3.86. The Morgan fingerprint density at radius 2 is 1.59 bits per heavy atom. The first-order chi connectivity index (χ1) is 16.7. The second-order valence-electron chi connectivity index (χ2n) is 8.56. The molecule has 0 atom stereocenters. The van der Waals surface area contributed by atoms with E-state index in [-0.39, 0.29) is 11.8 Å². The van der Waals surface area contributed by atoms with E-state index in [1.165, 1.54) is 10.5 Å². The quantitative estimate of drug-likeness (QED) is 0.481. The first kappa shape index (κ1) is 22.0. The number of hydrogen-bond donors (Lipinski definition) is 0. The van der Waals surface area contributed by atoms with Crippen molar-refractivity contribution in [2.24, 2.45) is 0 Å². The van der Waals surface area contributed by atoms with Gasteiger partial charge in [0.25, 0.3) is 11.8 Å². The Morgan fingerprint density at radius 3 is 2.35 bits per heavy atom. The van der Waals surface area contributed by atoms with Gasteiger partial charge in [0.05, 0.1) is 12.2 Å². The summed E-state index contributed by atoms with van der Waals surface area (Å²) in [6, 6.07) is 25.6. The van der Waals surface area contributed by atoms with Gasteiger partial charge in [0.2, 0.25) is 0 Å². The molecule has 0 saturated heterocycles. The van der Waals surface area contributed by atoms with Gasteiger partial charge in [0.1, 0.15) is 11.4 Å². The number of para-hydroxylation sites is 1. The Kier molecular flexibility index (Phi) is 6.17. The second-order valence-corrected chi connectivity index (χ2v) is 8.56. The molecule has 0 bridgehead atoms. The molecule has 0 aromatic heterocycles. The molecule has 172 valence electrons. The van der Waals surface area contributed by atoms with Crippen molar-refractivity contribution in [3.05, 3.63) is 101 Å². The third-order valence-electron chi connectivity index (χ3n) is 6.44. The summed E-state index contributed by atoms with van der Waals surface area (Å²) in [6.45, 7) is 3.56. The van der Waals surface area contributed by atoms with E-state index in [1.54, 1.807) is 0 Å². The number of benzene rings is 3. The van der Waals surface area contributed by atoms with Crippen LogP contribution in [-0.2, 0) is 22.4 Å². The zero-order valence-electron chi connectivity index (χ0n) is 19.4. The van der Waals surface area contributed by atoms with Crippen LogP contribution in [0.2, 0.25) is 0 Å². The third kappa shape index (κ3) is 4.10. The summed E-state index contributed by atoms with van der Waals surface area (Å²) in [4.78, 5) is 30.9. The minimum absolute atomic E-state index is 0.221. The molecule has 0 radical (unpaired) electrons. The minimum Gasteiger partial charge on any atom is -0.494 e. The van der Waals surface area contributed by atoms with E-state index in [9.17, 15) is 9.59 Å². The molecule has 2 amide bonds. The van der Waals surface area contributed by atoms with Crippen molar-refractivity contribution < 1.29 is 14.3 Å². The summed E-state index contributed by atoms with van der Waals surface area (Å²) in [5.41, 5.74) is 5.00. The highest BCUT2D eigenvalue weighted by Gasteiger charge is 2.42. The average molecular weight is 453 g/mol. The number of nitrogens with zero attached hydrogens (tertiary/aromatic N) is 2. The van der Waals surface area contributed by atoms with Crippen LogP contribution in [0.3, 0.4) is 0 Å². The molecule has 0 saturated carbocycles. The Morgan fingerprint density at radius 1 is 0.853 bits per heavy atom. The summed E-state index contributed by atoms with van der Waals surface area (Å²) in [5, 5.41) is 0. The van der Waals surface area contributed by atoms with E-state index in [2.05, 4.69) is 6.07 Å². The molecule has 0 unspecified atom stereocenters. The lowest BCUT2D eigenvalue weighted by atomic mass is 9.98. The largest absolute Gasteiger partial charge is 0.494 e. The number of imide groups is 1. The number of aryl methyl sites for hydroxylation is 1. The van der Waals surface area contributed by atoms with Crippen molar-refractivity contribution in [3.8, 4) is 5.75 Å². The number of ether oxygens (including phenoxy) is 1. The van der Waals surface area contributed by atoms with E-state index in [4.69, 9.17) is 4.74 Å². The fourth-order valence-electron chi connectivity index (χ4n) is 4.81. The van der Waals surface area contributed by atoms with Crippen molar-refractivity contribution >= 4 is 23.1 Å². The topological polar surface area (TPSA) is 49.9 Å². The van der Waals surface area contributed by atoms with E-state index in [0.29, 0.717) is 37.4 Å². The molecular formula is C29H28N2O3. The second kappa shape index (κ2) is 9.56. The zero-order valence-corrected chi connectivity index (χ0v) is 19.4. The summed E-state index contributed by atoms with van der Waals surface area (Å²) < 4.78 is 5.58. The van der Waals surface area contributed by atoms with Crippen LogP contribution in [0.4, 0.5) is 5.69 Å². The lowest BCUT2D eigenvalue weighted by Gasteiger charge is -2.32. The van der Waals surface area contributed by atoms with E-state index < -0.39 is 0 Å². The molecular weight excluding hydrogens is 424 g/mol. The van der Waals surface area contributed by atoms with Crippen molar-refractivity contribution in [1.82, 2.24) is 4.90 Å². The van der Waals surface area contributed by atoms with Crippen molar-refractivity contribution in [2.45, 2.75) is 26.2 Å². The maximum Gasteiger partial charge on any atom is 0.278 e. The highest BCUT2D eigenvalue weighted by atomic mass is 16.5. The van der Waals surface area contributed by atoms with E-state index >= 15 is 0 Å². The third-order valence-corrected chi connectivity index (χ3v) is 6.44. The van der Waals surface area contributed by atoms with Crippen LogP contribution >= 0.6 is 0 Å². The van der Waals surface area contributed by atoms with Gasteiger partial charge in [-0.3, -0.25) is 14.5 Å². The fourth-order valence-corrected chi connectivity index (χ4v) is 4.81. The Balaban J connectivity index is 1.54. The average Bonchev–Trinajstić information content (AvgIpc) is 3.13.